The third kappa shape index (κ3) is 5.54. The Kier molecular flexibility index (Phi) is 7.54. The van der Waals surface area contributed by atoms with Crippen molar-refractivity contribution in [3.05, 3.63) is 118 Å². The lowest BCUT2D eigenvalue weighted by atomic mass is 10.00. The minimum atomic E-state index is -0.321. The number of nitriles is 1. The van der Waals surface area contributed by atoms with Gasteiger partial charge in [-0.2, -0.15) is 5.26 Å². The standard InChI is InChI=1S/C34H29BrN8O/c1-2-29(21-7-4-3-5-8-21)40-31-24(18-36)19-38-33-27(31)16-25(17-28(33)35)39-32(30-20-43(42-41-30)26-11-12-26)22-9-6-10-23(15-22)34-37-13-14-44-34/h3-10,13-17,19-20,26,29,32,39H,2,11-12H2,1H3,(H,38,40)/t29-,32+/m1/s1. The molecule has 6 aromatic rings. The van der Waals surface area contributed by atoms with Crippen molar-refractivity contribution >= 4 is 38.2 Å². The van der Waals surface area contributed by atoms with Gasteiger partial charge >= 0.3 is 0 Å². The lowest BCUT2D eigenvalue weighted by Gasteiger charge is -2.23. The summed E-state index contributed by atoms with van der Waals surface area (Å²) in [5.74, 6) is 0.551. The third-order valence-corrected chi connectivity index (χ3v) is 8.53. The number of fused-ring (bicyclic) bond motifs is 1. The fourth-order valence-corrected chi connectivity index (χ4v) is 6.08. The van der Waals surface area contributed by atoms with Crippen LogP contribution in [0.3, 0.4) is 0 Å². The summed E-state index contributed by atoms with van der Waals surface area (Å²) in [5, 5.41) is 27.3. The summed E-state index contributed by atoms with van der Waals surface area (Å²) < 4.78 is 8.35. The zero-order chi connectivity index (χ0) is 30.0. The molecule has 1 aliphatic carbocycles. The Morgan fingerprint density at radius 1 is 1.05 bits per heavy atom. The molecule has 0 amide bonds. The maximum absolute atomic E-state index is 10.1. The minimum absolute atomic E-state index is 0.0208. The second-order valence-corrected chi connectivity index (χ2v) is 11.8. The van der Waals surface area contributed by atoms with E-state index in [1.165, 1.54) is 0 Å². The molecule has 3 aromatic heterocycles. The monoisotopic (exact) mass is 644 g/mol. The van der Waals surface area contributed by atoms with Crippen molar-refractivity contribution in [2.24, 2.45) is 0 Å². The highest BCUT2D eigenvalue weighted by Gasteiger charge is 2.27. The highest BCUT2D eigenvalue weighted by atomic mass is 79.9. The number of halogens is 1. The molecule has 0 radical (unpaired) electrons. The molecule has 0 bridgehead atoms. The number of hydrogen-bond acceptors (Lipinski definition) is 8. The van der Waals surface area contributed by atoms with Gasteiger partial charge in [0.15, 0.2) is 0 Å². The summed E-state index contributed by atoms with van der Waals surface area (Å²) in [6, 6.07) is 24.9. The molecule has 3 heterocycles. The van der Waals surface area contributed by atoms with Crippen molar-refractivity contribution in [2.75, 3.05) is 10.6 Å². The van der Waals surface area contributed by atoms with E-state index in [0.29, 0.717) is 17.5 Å². The van der Waals surface area contributed by atoms with Gasteiger partial charge < -0.3 is 15.1 Å². The minimum Gasteiger partial charge on any atom is -0.445 e. The molecule has 2 N–H and O–H groups in total. The second-order valence-electron chi connectivity index (χ2n) is 10.9. The smallest absolute Gasteiger partial charge is 0.225 e. The lowest BCUT2D eigenvalue weighted by Crippen LogP contribution is -2.14. The summed E-state index contributed by atoms with van der Waals surface area (Å²) in [4.78, 5) is 8.98. The molecule has 0 aliphatic heterocycles. The number of aromatic nitrogens is 5. The topological polar surface area (TPSA) is 117 Å². The molecule has 1 aliphatic rings. The van der Waals surface area contributed by atoms with Crippen LogP contribution in [0.25, 0.3) is 22.4 Å². The first kappa shape index (κ1) is 27.8. The van der Waals surface area contributed by atoms with Crippen LogP contribution in [0.2, 0.25) is 0 Å². The zero-order valence-electron chi connectivity index (χ0n) is 24.0. The van der Waals surface area contributed by atoms with Crippen molar-refractivity contribution in [2.45, 2.75) is 44.3 Å². The summed E-state index contributed by atoms with van der Waals surface area (Å²) in [6.45, 7) is 2.13. The van der Waals surface area contributed by atoms with Gasteiger partial charge in [-0.25, -0.2) is 9.67 Å². The zero-order valence-corrected chi connectivity index (χ0v) is 25.6. The van der Waals surface area contributed by atoms with Gasteiger partial charge in [0.25, 0.3) is 0 Å². The lowest BCUT2D eigenvalue weighted by molar-refractivity contribution is 0.574. The molecule has 7 rings (SSSR count). The fraction of sp³-hybridized carbons (Fsp3) is 0.206. The van der Waals surface area contributed by atoms with Crippen LogP contribution in [0.5, 0.6) is 0 Å². The number of rotatable bonds is 10. The van der Waals surface area contributed by atoms with Gasteiger partial charge in [-0.3, -0.25) is 4.98 Å². The van der Waals surface area contributed by atoms with Crippen molar-refractivity contribution in [3.8, 4) is 17.5 Å². The average molecular weight is 646 g/mol. The molecule has 1 fully saturated rings. The molecule has 0 saturated heterocycles. The maximum atomic E-state index is 10.1. The highest BCUT2D eigenvalue weighted by molar-refractivity contribution is 9.10. The van der Waals surface area contributed by atoms with Crippen molar-refractivity contribution in [3.63, 3.8) is 0 Å². The Hall–Kier alpha value is -5.01. The van der Waals surface area contributed by atoms with Crippen molar-refractivity contribution in [1.82, 2.24) is 25.0 Å². The number of nitrogens with zero attached hydrogens (tertiary/aromatic N) is 6. The Bertz CT molecular complexity index is 1960. The van der Waals surface area contributed by atoms with E-state index >= 15 is 0 Å². The SMILES string of the molecule is CC[C@@H](Nc1c(C#N)cnc2c(Br)cc(N[C@@H](c3cccc(-c4ncco4)c3)c3cn(C4CC4)nn3)cc12)c1ccccc1. The van der Waals surface area contributed by atoms with Gasteiger partial charge in [0.1, 0.15) is 18.0 Å². The molecule has 2 atom stereocenters. The number of anilines is 2. The first-order chi connectivity index (χ1) is 21.6. The molecule has 10 heteroatoms. The van der Waals surface area contributed by atoms with Gasteiger partial charge in [-0.15, -0.1) is 5.10 Å². The molecule has 218 valence electrons. The van der Waals surface area contributed by atoms with Crippen LogP contribution in [0.15, 0.2) is 100 Å². The predicted octanol–water partition coefficient (Wildman–Crippen LogP) is 8.22. The number of benzene rings is 3. The number of pyridine rings is 1. The third-order valence-electron chi connectivity index (χ3n) is 7.93. The van der Waals surface area contributed by atoms with Crippen LogP contribution >= 0.6 is 15.9 Å². The molecule has 44 heavy (non-hydrogen) atoms. The van der Waals surface area contributed by atoms with Crippen LogP contribution in [0, 0.1) is 11.3 Å². The van der Waals surface area contributed by atoms with Crippen LogP contribution in [0.1, 0.15) is 66.7 Å². The molecular formula is C34H29BrN8O. The maximum Gasteiger partial charge on any atom is 0.225 e. The summed E-state index contributed by atoms with van der Waals surface area (Å²) in [6.07, 6.45) is 9.94. The van der Waals surface area contributed by atoms with E-state index in [9.17, 15) is 5.26 Å². The Morgan fingerprint density at radius 2 is 1.89 bits per heavy atom. The second kappa shape index (κ2) is 11.9. The molecule has 0 unspecified atom stereocenters. The number of hydrogen-bond donors (Lipinski definition) is 2. The number of oxazole rings is 1. The summed E-state index contributed by atoms with van der Waals surface area (Å²) in [5.41, 5.74) is 6.65. The highest BCUT2D eigenvalue weighted by Crippen LogP contribution is 2.39. The van der Waals surface area contributed by atoms with Gasteiger partial charge in [0.2, 0.25) is 5.89 Å². The number of nitrogens with one attached hydrogen (secondary N) is 2. The van der Waals surface area contributed by atoms with E-state index in [0.717, 1.165) is 68.4 Å². The first-order valence-corrected chi connectivity index (χ1v) is 15.4. The van der Waals surface area contributed by atoms with E-state index in [1.807, 2.05) is 53.3 Å². The average Bonchev–Trinajstić information content (AvgIpc) is 3.53. The Morgan fingerprint density at radius 3 is 2.64 bits per heavy atom. The molecular weight excluding hydrogens is 616 g/mol. The van der Waals surface area contributed by atoms with E-state index in [2.05, 4.69) is 84.1 Å². The van der Waals surface area contributed by atoms with Crippen LogP contribution in [0.4, 0.5) is 11.4 Å². The molecule has 0 spiro atoms. The van der Waals surface area contributed by atoms with Crippen LogP contribution < -0.4 is 10.6 Å². The van der Waals surface area contributed by atoms with E-state index < -0.39 is 0 Å². The van der Waals surface area contributed by atoms with E-state index in [1.54, 1.807) is 18.7 Å². The molecule has 3 aromatic carbocycles. The van der Waals surface area contributed by atoms with Crippen LogP contribution in [-0.2, 0) is 0 Å². The van der Waals surface area contributed by atoms with Crippen molar-refractivity contribution < 1.29 is 4.42 Å². The van der Waals surface area contributed by atoms with Gasteiger partial charge in [-0.05, 0) is 70.6 Å². The fourth-order valence-electron chi connectivity index (χ4n) is 5.52. The largest absolute Gasteiger partial charge is 0.445 e. The Balaban J connectivity index is 1.31. The van der Waals surface area contributed by atoms with Crippen LogP contribution in [-0.4, -0.2) is 25.0 Å². The van der Waals surface area contributed by atoms with Gasteiger partial charge in [0.05, 0.1) is 47.3 Å². The molecule has 1 saturated carbocycles. The summed E-state index contributed by atoms with van der Waals surface area (Å²) >= 11 is 3.76. The van der Waals surface area contributed by atoms with Gasteiger partial charge in [0, 0.05) is 27.3 Å². The van der Waals surface area contributed by atoms with E-state index in [4.69, 9.17) is 4.42 Å². The summed E-state index contributed by atoms with van der Waals surface area (Å²) in [7, 11) is 0. The normalized spacial score (nSPS) is 14.2. The first-order valence-electron chi connectivity index (χ1n) is 14.6. The Labute approximate surface area is 263 Å². The predicted molar refractivity (Wildman–Crippen MR) is 173 cm³/mol. The van der Waals surface area contributed by atoms with Gasteiger partial charge in [-0.1, -0.05) is 54.6 Å². The quantitative estimate of drug-likeness (QED) is 0.153. The van der Waals surface area contributed by atoms with Crippen molar-refractivity contribution in [1.29, 1.82) is 5.26 Å². The molecule has 9 nitrogen and oxygen atoms in total. The van der Waals surface area contributed by atoms with E-state index in [-0.39, 0.29) is 12.1 Å².